The fourth-order valence-corrected chi connectivity index (χ4v) is 3.01. The molecule has 0 saturated carbocycles. The van der Waals surface area contributed by atoms with E-state index in [1.165, 1.54) is 36.4 Å². The molecule has 0 fully saturated rings. The van der Waals surface area contributed by atoms with E-state index in [0.29, 0.717) is 11.1 Å². The molecule has 0 saturated heterocycles. The minimum atomic E-state index is -4.67. The number of benzene rings is 2. The summed E-state index contributed by atoms with van der Waals surface area (Å²) < 4.78 is 74.6. The number of nitrogens with zero attached hydrogens (tertiary/aromatic N) is 1. The smallest absolute Gasteiger partial charge is 0.433 e. The first-order valence-electron chi connectivity index (χ1n) is 7.32. The molecule has 9 heteroatoms. The van der Waals surface area contributed by atoms with Gasteiger partial charge >= 0.3 is 6.18 Å². The van der Waals surface area contributed by atoms with Gasteiger partial charge in [-0.15, -0.1) is 0 Å². The third kappa shape index (κ3) is 3.83. The molecular weight excluding hydrogens is 372 g/mol. The maximum Gasteiger partial charge on any atom is 0.433 e. The van der Waals surface area contributed by atoms with Crippen molar-refractivity contribution in [2.45, 2.75) is 11.9 Å². The fraction of sp³-hybridized carbons (Fsp3) is 0.118. The Labute approximate surface area is 148 Å². The molecule has 1 aromatic heterocycles. The Balaban J connectivity index is 2.11. The molecule has 136 valence electrons. The highest BCUT2D eigenvalue weighted by atomic mass is 32.2. The minimum absolute atomic E-state index is 0.0405. The number of hydrogen-bond donors (Lipinski definition) is 1. The lowest BCUT2D eigenvalue weighted by Gasteiger charge is -2.10. The first-order valence-corrected chi connectivity index (χ1v) is 8.57. The third-order valence-corrected chi connectivity index (χ3v) is 4.26. The molecule has 1 atom stereocenters. The molecule has 1 unspecified atom stereocenters. The summed E-state index contributed by atoms with van der Waals surface area (Å²) in [7, 11) is 0. The SMILES string of the molecule is O=S([O-])Cc1ccc(-c2n[nH]c(C(F)(F)F)c2-c2ccc(F)cc2)cc1. The summed E-state index contributed by atoms with van der Waals surface area (Å²) in [6, 6.07) is 10.6. The summed E-state index contributed by atoms with van der Waals surface area (Å²) in [4.78, 5) is 0. The summed E-state index contributed by atoms with van der Waals surface area (Å²) in [5, 5.41) is 5.79. The molecule has 1 heterocycles. The maximum absolute atomic E-state index is 13.3. The van der Waals surface area contributed by atoms with E-state index in [0.717, 1.165) is 12.1 Å². The van der Waals surface area contributed by atoms with E-state index in [4.69, 9.17) is 0 Å². The zero-order valence-electron chi connectivity index (χ0n) is 13.0. The van der Waals surface area contributed by atoms with E-state index in [1.807, 2.05) is 5.10 Å². The molecule has 26 heavy (non-hydrogen) atoms. The van der Waals surface area contributed by atoms with Crippen LogP contribution in [0, 0.1) is 5.82 Å². The van der Waals surface area contributed by atoms with Crippen molar-refractivity contribution in [2.24, 2.45) is 0 Å². The summed E-state index contributed by atoms with van der Waals surface area (Å²) in [5.41, 5.74) is -0.166. The van der Waals surface area contributed by atoms with Crippen LogP contribution in [0.2, 0.25) is 0 Å². The molecule has 3 aromatic rings. The van der Waals surface area contributed by atoms with Gasteiger partial charge in [-0.2, -0.15) is 18.3 Å². The van der Waals surface area contributed by atoms with Crippen molar-refractivity contribution in [2.75, 3.05) is 0 Å². The number of alkyl halides is 3. The number of hydrogen-bond acceptors (Lipinski definition) is 3. The molecule has 0 aliphatic heterocycles. The highest BCUT2D eigenvalue weighted by Gasteiger charge is 2.38. The van der Waals surface area contributed by atoms with E-state index in [9.17, 15) is 26.3 Å². The second-order valence-corrected chi connectivity index (χ2v) is 6.37. The van der Waals surface area contributed by atoms with Gasteiger partial charge in [-0.1, -0.05) is 47.5 Å². The van der Waals surface area contributed by atoms with Crippen molar-refractivity contribution >= 4 is 11.1 Å². The number of aromatic nitrogens is 2. The summed E-state index contributed by atoms with van der Waals surface area (Å²) >= 11 is -2.27. The van der Waals surface area contributed by atoms with Crippen molar-refractivity contribution in [3.8, 4) is 22.4 Å². The lowest BCUT2D eigenvalue weighted by Crippen LogP contribution is -2.07. The Kier molecular flexibility index (Phi) is 4.92. The average molecular weight is 383 g/mol. The number of nitrogens with one attached hydrogen (secondary N) is 1. The van der Waals surface area contributed by atoms with Crippen LogP contribution in [0.3, 0.4) is 0 Å². The van der Waals surface area contributed by atoms with Crippen molar-refractivity contribution in [1.82, 2.24) is 10.2 Å². The number of rotatable bonds is 4. The van der Waals surface area contributed by atoms with Crippen molar-refractivity contribution in [3.05, 3.63) is 65.6 Å². The number of aromatic amines is 1. The van der Waals surface area contributed by atoms with Crippen LogP contribution in [-0.4, -0.2) is 19.0 Å². The lowest BCUT2D eigenvalue weighted by atomic mass is 9.98. The van der Waals surface area contributed by atoms with Gasteiger partial charge in [-0.25, -0.2) is 4.39 Å². The Morgan fingerprint density at radius 3 is 2.12 bits per heavy atom. The molecule has 1 N–H and O–H groups in total. The van der Waals surface area contributed by atoms with Gasteiger partial charge < -0.3 is 4.55 Å². The van der Waals surface area contributed by atoms with Gasteiger partial charge in [0, 0.05) is 16.9 Å². The largest absolute Gasteiger partial charge is 0.772 e. The van der Waals surface area contributed by atoms with Crippen LogP contribution in [-0.2, 0) is 23.0 Å². The van der Waals surface area contributed by atoms with Gasteiger partial charge in [0.2, 0.25) is 0 Å². The molecular formula is C17H11F4N2O2S-. The maximum atomic E-state index is 13.3. The fourth-order valence-electron chi connectivity index (χ4n) is 2.55. The zero-order valence-corrected chi connectivity index (χ0v) is 13.8. The monoisotopic (exact) mass is 383 g/mol. The predicted octanol–water partition coefficient (Wildman–Crippen LogP) is 4.28. The van der Waals surface area contributed by atoms with E-state index < -0.39 is 28.8 Å². The van der Waals surface area contributed by atoms with Crippen LogP contribution in [0.4, 0.5) is 17.6 Å². The Morgan fingerprint density at radius 1 is 1.00 bits per heavy atom. The molecule has 0 bridgehead atoms. The van der Waals surface area contributed by atoms with Gasteiger partial charge in [0.05, 0.1) is 0 Å². The molecule has 0 aliphatic rings. The first-order chi connectivity index (χ1) is 12.3. The lowest BCUT2D eigenvalue weighted by molar-refractivity contribution is -0.140. The van der Waals surface area contributed by atoms with Crippen molar-refractivity contribution < 1.29 is 26.3 Å². The normalized spacial score (nSPS) is 13.0. The average Bonchev–Trinajstić information content (AvgIpc) is 3.01. The Hall–Kier alpha value is -2.52. The van der Waals surface area contributed by atoms with Gasteiger partial charge in [0.25, 0.3) is 0 Å². The highest BCUT2D eigenvalue weighted by Crippen LogP contribution is 2.41. The van der Waals surface area contributed by atoms with Crippen LogP contribution in [0.25, 0.3) is 22.4 Å². The molecule has 0 radical (unpaired) electrons. The third-order valence-electron chi connectivity index (χ3n) is 3.69. The van der Waals surface area contributed by atoms with Crippen molar-refractivity contribution in [1.29, 1.82) is 0 Å². The van der Waals surface area contributed by atoms with Crippen LogP contribution in [0.15, 0.2) is 48.5 Å². The second-order valence-electron chi connectivity index (χ2n) is 5.47. The van der Waals surface area contributed by atoms with Gasteiger partial charge in [0.15, 0.2) is 0 Å². The van der Waals surface area contributed by atoms with E-state index in [2.05, 4.69) is 5.10 Å². The Bertz CT molecular complexity index is 935. The molecule has 4 nitrogen and oxygen atoms in total. The van der Waals surface area contributed by atoms with Gasteiger partial charge in [0.1, 0.15) is 17.2 Å². The summed E-state index contributed by atoms with van der Waals surface area (Å²) in [5.74, 6) is -0.762. The standard InChI is InChI=1S/C17H12F4N2O2S/c18-13-7-5-11(6-8-13)14-15(22-23-16(14)17(19,20)21)12-3-1-10(2-4-12)9-26(24)25/h1-8H,9H2,(H,22,23)(H,24,25)/p-1. The van der Waals surface area contributed by atoms with Gasteiger partial charge in [-0.05, 0) is 23.3 Å². The number of H-pyrrole nitrogens is 1. The highest BCUT2D eigenvalue weighted by molar-refractivity contribution is 7.78. The molecule has 0 aliphatic carbocycles. The summed E-state index contributed by atoms with van der Waals surface area (Å²) in [6.45, 7) is 0. The zero-order chi connectivity index (χ0) is 18.9. The second kappa shape index (κ2) is 7.00. The van der Waals surface area contributed by atoms with Crippen LogP contribution in [0.1, 0.15) is 11.3 Å². The predicted molar refractivity (Wildman–Crippen MR) is 87.0 cm³/mol. The van der Waals surface area contributed by atoms with Crippen LogP contribution in [0.5, 0.6) is 0 Å². The summed E-state index contributed by atoms with van der Waals surface area (Å²) in [6.07, 6.45) is -4.67. The van der Waals surface area contributed by atoms with Gasteiger partial charge in [-0.3, -0.25) is 9.31 Å². The van der Waals surface area contributed by atoms with Crippen molar-refractivity contribution in [3.63, 3.8) is 0 Å². The molecule has 0 spiro atoms. The van der Waals surface area contributed by atoms with Crippen LogP contribution < -0.4 is 0 Å². The van der Waals surface area contributed by atoms with E-state index in [1.54, 1.807) is 0 Å². The van der Waals surface area contributed by atoms with Crippen LogP contribution >= 0.6 is 0 Å². The van der Waals surface area contributed by atoms with E-state index in [-0.39, 0.29) is 22.6 Å². The molecule has 2 aromatic carbocycles. The van der Waals surface area contributed by atoms with E-state index >= 15 is 0 Å². The quantitative estimate of drug-likeness (QED) is 0.540. The first kappa shape index (κ1) is 18.3. The number of halogens is 4. The molecule has 3 rings (SSSR count). The minimum Gasteiger partial charge on any atom is -0.772 e. The molecule has 0 amide bonds. The Morgan fingerprint density at radius 2 is 1.58 bits per heavy atom. The topological polar surface area (TPSA) is 68.8 Å².